The number of aliphatic hydroxyl groups is 7. The summed E-state index contributed by atoms with van der Waals surface area (Å²) in [6, 6.07) is 0. The van der Waals surface area contributed by atoms with Crippen molar-refractivity contribution in [2.75, 3.05) is 33.0 Å². The van der Waals surface area contributed by atoms with Gasteiger partial charge in [-0.15, -0.1) is 0 Å². The monoisotopic (exact) mass is 1070 g/mol. The van der Waals surface area contributed by atoms with Gasteiger partial charge in [-0.3, -0.25) is 4.79 Å². The molecule has 436 valence electrons. The van der Waals surface area contributed by atoms with Gasteiger partial charge >= 0.3 is 5.97 Å². The van der Waals surface area contributed by atoms with Crippen molar-refractivity contribution < 1.29 is 69.0 Å². The topological polar surface area (TPSA) is 214 Å². The molecule has 0 aromatic carbocycles. The van der Waals surface area contributed by atoms with Crippen molar-refractivity contribution in [2.24, 2.45) is 0 Å². The second-order valence-corrected chi connectivity index (χ2v) is 20.1. The van der Waals surface area contributed by atoms with Crippen LogP contribution < -0.4 is 0 Å². The third-order valence-electron chi connectivity index (χ3n) is 13.3. The number of carbonyl (C=O) groups is 1. The van der Waals surface area contributed by atoms with Gasteiger partial charge in [0.15, 0.2) is 12.6 Å². The van der Waals surface area contributed by atoms with Crippen molar-refractivity contribution in [2.45, 2.75) is 255 Å². The van der Waals surface area contributed by atoms with Gasteiger partial charge in [-0.05, 0) is 96.3 Å². The molecule has 0 aliphatic carbocycles. The first-order valence-corrected chi connectivity index (χ1v) is 29.3. The average molecular weight is 1070 g/mol. The van der Waals surface area contributed by atoms with Crippen LogP contribution >= 0.6 is 0 Å². The van der Waals surface area contributed by atoms with E-state index in [2.05, 4.69) is 111 Å². The Balaban J connectivity index is 1.74. The van der Waals surface area contributed by atoms with Gasteiger partial charge in [-0.1, -0.05) is 182 Å². The second-order valence-electron chi connectivity index (χ2n) is 20.1. The number of esters is 1. The van der Waals surface area contributed by atoms with Crippen LogP contribution in [-0.4, -0.2) is 142 Å². The van der Waals surface area contributed by atoms with Crippen molar-refractivity contribution in [3.8, 4) is 0 Å². The standard InChI is InChI=1S/C62H104O14/c1-3-5-7-9-11-13-15-17-19-21-22-23-24-25-26-27-28-29-31-33-35-37-39-41-43-45-54(64)74-51(48-71-46-44-42-40-38-36-34-32-30-20-18-16-14-12-10-8-6-4-2)49-72-61-60(70)58(68)56(66)53(76-61)50-73-62-59(69)57(67)55(65)52(47-63)75-62/h5,7,11,13,17,19-20,22-23,25-26,28-30,33,35,51-53,55-63,65-70H,3-4,6,8-10,12,14-16,18,21,24,27,31-32,34,36-50H2,1-2H3/b7-5-,13-11-,19-17-,23-22-,26-25-,29-28-,30-20-,35-33-. The van der Waals surface area contributed by atoms with Gasteiger partial charge in [0, 0.05) is 13.0 Å². The second kappa shape index (κ2) is 47.9. The first kappa shape index (κ1) is 69.0. The Morgan fingerprint density at radius 2 is 0.855 bits per heavy atom. The number of rotatable bonds is 46. The highest BCUT2D eigenvalue weighted by atomic mass is 16.7. The summed E-state index contributed by atoms with van der Waals surface area (Å²) in [6.45, 7) is 3.50. The molecule has 2 aliphatic heterocycles. The smallest absolute Gasteiger partial charge is 0.306 e. The molecule has 2 saturated heterocycles. The molecule has 14 nitrogen and oxygen atoms in total. The molecule has 0 aromatic rings. The number of unbranched alkanes of at least 4 members (excludes halogenated alkanes) is 16. The van der Waals surface area contributed by atoms with Crippen LogP contribution in [0.3, 0.4) is 0 Å². The minimum atomic E-state index is -1.72. The maximum atomic E-state index is 13.1. The van der Waals surface area contributed by atoms with Crippen LogP contribution in [-0.2, 0) is 33.2 Å². The van der Waals surface area contributed by atoms with E-state index in [0.29, 0.717) is 13.0 Å². The van der Waals surface area contributed by atoms with E-state index >= 15 is 0 Å². The van der Waals surface area contributed by atoms with Gasteiger partial charge in [-0.2, -0.15) is 0 Å². The van der Waals surface area contributed by atoms with Gasteiger partial charge in [0.1, 0.15) is 54.9 Å². The van der Waals surface area contributed by atoms with Crippen molar-refractivity contribution in [3.63, 3.8) is 0 Å². The van der Waals surface area contributed by atoms with Gasteiger partial charge in [0.2, 0.25) is 0 Å². The maximum Gasteiger partial charge on any atom is 0.306 e. The fourth-order valence-electron chi connectivity index (χ4n) is 8.61. The first-order chi connectivity index (χ1) is 37.1. The Labute approximate surface area is 458 Å². The molecule has 0 amide bonds. The van der Waals surface area contributed by atoms with E-state index in [4.69, 9.17) is 28.4 Å². The van der Waals surface area contributed by atoms with E-state index in [9.17, 15) is 40.5 Å². The average Bonchev–Trinajstić information content (AvgIpc) is 3.42. The van der Waals surface area contributed by atoms with Crippen molar-refractivity contribution in [1.82, 2.24) is 0 Å². The molecule has 2 aliphatic rings. The highest BCUT2D eigenvalue weighted by Gasteiger charge is 2.47. The number of allylic oxidation sites excluding steroid dienone is 16. The summed E-state index contributed by atoms with van der Waals surface area (Å²) in [5.74, 6) is -0.413. The maximum absolute atomic E-state index is 13.1. The van der Waals surface area contributed by atoms with E-state index in [1.807, 2.05) is 0 Å². The predicted octanol–water partition coefficient (Wildman–Crippen LogP) is 10.6. The van der Waals surface area contributed by atoms with Crippen molar-refractivity contribution in [3.05, 3.63) is 97.2 Å². The zero-order valence-electron chi connectivity index (χ0n) is 46.7. The van der Waals surface area contributed by atoms with Crippen LogP contribution in [0.2, 0.25) is 0 Å². The van der Waals surface area contributed by atoms with Crippen molar-refractivity contribution in [1.29, 1.82) is 0 Å². The SMILES string of the molecule is CC/C=C\C/C=C\C/C=C\C/C=C\C/C=C\C/C=C\C/C=C\CCCCCC(=O)OC(COCCCCCCCC/C=C\CCCCCCCCC)COC1OC(COC2OC(CO)C(O)C(O)C2O)C(O)C(O)C1O. The van der Waals surface area contributed by atoms with E-state index in [-0.39, 0.29) is 19.6 Å². The quantitative estimate of drug-likeness (QED) is 0.0172. The molecule has 0 bridgehead atoms. The van der Waals surface area contributed by atoms with Crippen LogP contribution in [0.5, 0.6) is 0 Å². The lowest BCUT2D eigenvalue weighted by molar-refractivity contribution is -0.332. The summed E-state index contributed by atoms with van der Waals surface area (Å²) in [7, 11) is 0. The Morgan fingerprint density at radius 1 is 0.447 bits per heavy atom. The minimum absolute atomic E-state index is 0.0378. The fraction of sp³-hybridized carbons (Fsp3) is 0.726. The molecule has 11 atom stereocenters. The van der Waals surface area contributed by atoms with Gasteiger partial charge in [0.05, 0.1) is 26.4 Å². The lowest BCUT2D eigenvalue weighted by Crippen LogP contribution is -2.61. The molecule has 11 unspecified atom stereocenters. The van der Waals surface area contributed by atoms with Crippen LogP contribution in [0.15, 0.2) is 97.2 Å². The molecule has 0 aromatic heterocycles. The number of hydrogen-bond donors (Lipinski definition) is 7. The Bertz CT molecular complexity index is 1620. The minimum Gasteiger partial charge on any atom is -0.457 e. The number of ether oxygens (including phenoxy) is 6. The summed E-state index contributed by atoms with van der Waals surface area (Å²) >= 11 is 0. The Hall–Kier alpha value is -3.09. The zero-order chi connectivity index (χ0) is 55.1. The molecule has 0 spiro atoms. The molecule has 2 heterocycles. The summed E-state index contributed by atoms with van der Waals surface area (Å²) in [5.41, 5.74) is 0. The highest BCUT2D eigenvalue weighted by Crippen LogP contribution is 2.26. The van der Waals surface area contributed by atoms with Crippen molar-refractivity contribution >= 4 is 5.97 Å². The number of carbonyl (C=O) groups excluding carboxylic acids is 1. The largest absolute Gasteiger partial charge is 0.457 e. The van der Waals surface area contributed by atoms with E-state index < -0.39 is 86.7 Å². The summed E-state index contributed by atoms with van der Waals surface area (Å²) in [4.78, 5) is 13.1. The fourth-order valence-corrected chi connectivity index (χ4v) is 8.61. The van der Waals surface area contributed by atoms with Gasteiger partial charge < -0.3 is 64.2 Å². The molecule has 0 saturated carbocycles. The molecular weight excluding hydrogens is 969 g/mol. The van der Waals surface area contributed by atoms with Gasteiger partial charge in [0.25, 0.3) is 0 Å². The number of hydrogen-bond acceptors (Lipinski definition) is 14. The molecular formula is C62H104O14. The highest BCUT2D eigenvalue weighted by molar-refractivity contribution is 5.69. The van der Waals surface area contributed by atoms with Gasteiger partial charge in [-0.25, -0.2) is 0 Å². The molecule has 2 rings (SSSR count). The Morgan fingerprint density at radius 3 is 1.36 bits per heavy atom. The van der Waals surface area contributed by atoms with Crippen LogP contribution in [0.25, 0.3) is 0 Å². The zero-order valence-corrected chi connectivity index (χ0v) is 46.7. The third-order valence-corrected chi connectivity index (χ3v) is 13.3. The van der Waals surface area contributed by atoms with Crippen LogP contribution in [0.4, 0.5) is 0 Å². The summed E-state index contributed by atoms with van der Waals surface area (Å²) in [6.07, 6.45) is 47.5. The summed E-state index contributed by atoms with van der Waals surface area (Å²) in [5, 5.41) is 72.3. The Kier molecular flexibility index (Phi) is 43.5. The predicted molar refractivity (Wildman–Crippen MR) is 302 cm³/mol. The molecule has 76 heavy (non-hydrogen) atoms. The van der Waals surface area contributed by atoms with E-state index in [1.165, 1.54) is 70.6 Å². The van der Waals surface area contributed by atoms with Crippen LogP contribution in [0.1, 0.15) is 187 Å². The van der Waals surface area contributed by atoms with E-state index in [0.717, 1.165) is 89.9 Å². The number of aliphatic hydroxyl groups excluding tert-OH is 7. The summed E-state index contributed by atoms with van der Waals surface area (Å²) < 4.78 is 34.3. The molecule has 7 N–H and O–H groups in total. The lowest BCUT2D eigenvalue weighted by Gasteiger charge is -2.42. The normalized spacial score (nSPS) is 25.2. The van der Waals surface area contributed by atoms with Crippen LogP contribution in [0, 0.1) is 0 Å². The molecule has 0 radical (unpaired) electrons. The molecule has 2 fully saturated rings. The lowest BCUT2D eigenvalue weighted by atomic mass is 9.98. The van der Waals surface area contributed by atoms with E-state index in [1.54, 1.807) is 0 Å². The first-order valence-electron chi connectivity index (χ1n) is 29.3. The third kappa shape index (κ3) is 34.0. The molecule has 14 heteroatoms.